The molecule has 2 heterocycles. The Morgan fingerprint density at radius 3 is 2.56 bits per heavy atom. The van der Waals surface area contributed by atoms with E-state index in [1.54, 1.807) is 4.68 Å². The highest BCUT2D eigenvalue weighted by Crippen LogP contribution is 2.38. The van der Waals surface area contributed by atoms with E-state index < -0.39 is 5.91 Å². The fourth-order valence-corrected chi connectivity index (χ4v) is 4.73. The SMILES string of the molecule is CC(C)c1nn(-c2ncc(C(N)=O)c(NC3CCC(O)CC3)n2)c2c1C(=O)CC(C)(C)C2. The van der Waals surface area contributed by atoms with Gasteiger partial charge in [0.25, 0.3) is 11.9 Å². The lowest BCUT2D eigenvalue weighted by Gasteiger charge is -2.29. The fourth-order valence-electron chi connectivity index (χ4n) is 4.73. The number of Topliss-reactive ketones (excluding diaryl/α,β-unsaturated/α-hetero) is 1. The normalized spacial score (nSPS) is 22.6. The number of carbonyl (C=O) groups is 2. The standard InChI is InChI=1S/C23H32N6O3/c1-12(2)19-18-16(9-23(3,4)10-17(18)31)29(28-19)22-25-11-15(20(24)32)21(27-22)26-13-5-7-14(30)8-6-13/h11-14,30H,5-10H2,1-4H3,(H2,24,32)(H,25,26,27). The van der Waals surface area contributed by atoms with Crippen LogP contribution in [0.4, 0.5) is 5.82 Å². The predicted octanol–water partition coefficient (Wildman–Crippen LogP) is 2.76. The highest BCUT2D eigenvalue weighted by molar-refractivity contribution is 6.00. The summed E-state index contributed by atoms with van der Waals surface area (Å²) in [6.07, 6.45) is 5.24. The van der Waals surface area contributed by atoms with Crippen LogP contribution in [-0.4, -0.2) is 48.7 Å². The first-order valence-electron chi connectivity index (χ1n) is 11.3. The van der Waals surface area contributed by atoms with E-state index in [0.717, 1.165) is 24.2 Å². The second-order valence-corrected chi connectivity index (χ2v) is 10.2. The number of aromatic nitrogens is 4. The number of hydrogen-bond donors (Lipinski definition) is 3. The van der Waals surface area contributed by atoms with Gasteiger partial charge in [0.05, 0.1) is 28.6 Å². The van der Waals surface area contributed by atoms with Crippen molar-refractivity contribution in [2.75, 3.05) is 5.32 Å². The van der Waals surface area contributed by atoms with E-state index in [4.69, 9.17) is 10.8 Å². The third kappa shape index (κ3) is 4.26. The molecular formula is C23H32N6O3. The highest BCUT2D eigenvalue weighted by atomic mass is 16.3. The molecule has 2 aromatic rings. The molecule has 0 atom stereocenters. The van der Waals surface area contributed by atoms with Gasteiger partial charge in [-0.3, -0.25) is 9.59 Å². The van der Waals surface area contributed by atoms with Crippen LogP contribution in [0.2, 0.25) is 0 Å². The average molecular weight is 441 g/mol. The zero-order valence-electron chi connectivity index (χ0n) is 19.2. The number of hydrogen-bond acceptors (Lipinski definition) is 7. The lowest BCUT2D eigenvalue weighted by Crippen LogP contribution is -2.30. The zero-order valence-corrected chi connectivity index (χ0v) is 19.2. The number of nitrogens with two attached hydrogens (primary N) is 1. The summed E-state index contributed by atoms with van der Waals surface area (Å²) in [6, 6.07) is 0.0810. The van der Waals surface area contributed by atoms with Gasteiger partial charge in [-0.2, -0.15) is 10.1 Å². The first kappa shape index (κ1) is 22.4. The molecule has 4 rings (SSSR count). The Labute approximate surface area is 187 Å². The highest BCUT2D eigenvalue weighted by Gasteiger charge is 2.37. The average Bonchev–Trinajstić information content (AvgIpc) is 3.08. The molecule has 0 radical (unpaired) electrons. The summed E-state index contributed by atoms with van der Waals surface area (Å²) in [5.41, 5.74) is 7.84. The molecule has 172 valence electrons. The third-order valence-corrected chi connectivity index (χ3v) is 6.39. The maximum Gasteiger partial charge on any atom is 0.254 e. The molecule has 4 N–H and O–H groups in total. The van der Waals surface area contributed by atoms with Gasteiger partial charge in [0.15, 0.2) is 5.78 Å². The summed E-state index contributed by atoms with van der Waals surface area (Å²) in [5, 5.41) is 17.9. The lowest BCUT2D eigenvalue weighted by molar-refractivity contribution is 0.0908. The van der Waals surface area contributed by atoms with Crippen LogP contribution in [0.25, 0.3) is 5.95 Å². The Hall–Kier alpha value is -2.81. The van der Waals surface area contributed by atoms with Crippen molar-refractivity contribution in [3.8, 4) is 5.95 Å². The van der Waals surface area contributed by atoms with Gasteiger partial charge in [0.2, 0.25) is 0 Å². The Morgan fingerprint density at radius 2 is 1.94 bits per heavy atom. The number of aliphatic hydroxyl groups excluding tert-OH is 1. The molecule has 9 heteroatoms. The van der Waals surface area contributed by atoms with Crippen LogP contribution in [-0.2, 0) is 6.42 Å². The van der Waals surface area contributed by atoms with Crippen LogP contribution in [0.5, 0.6) is 0 Å². The van der Waals surface area contributed by atoms with E-state index in [2.05, 4.69) is 29.1 Å². The van der Waals surface area contributed by atoms with Gasteiger partial charge in [0.1, 0.15) is 5.82 Å². The van der Waals surface area contributed by atoms with Gasteiger partial charge in [-0.05, 0) is 43.4 Å². The number of ketones is 1. The van der Waals surface area contributed by atoms with E-state index in [0.29, 0.717) is 43.0 Å². The van der Waals surface area contributed by atoms with Gasteiger partial charge < -0.3 is 16.2 Å². The minimum atomic E-state index is -0.614. The van der Waals surface area contributed by atoms with Crippen molar-refractivity contribution in [1.29, 1.82) is 0 Å². The van der Waals surface area contributed by atoms with Crippen LogP contribution < -0.4 is 11.1 Å². The summed E-state index contributed by atoms with van der Waals surface area (Å²) in [4.78, 5) is 34.0. The molecule has 2 aliphatic rings. The number of nitrogens with zero attached hydrogens (tertiary/aromatic N) is 4. The predicted molar refractivity (Wildman–Crippen MR) is 120 cm³/mol. The monoisotopic (exact) mass is 440 g/mol. The van der Waals surface area contributed by atoms with Crippen molar-refractivity contribution in [2.45, 2.75) is 84.3 Å². The molecule has 2 aliphatic carbocycles. The van der Waals surface area contributed by atoms with Crippen molar-refractivity contribution < 1.29 is 14.7 Å². The number of carbonyl (C=O) groups excluding carboxylic acids is 2. The summed E-state index contributed by atoms with van der Waals surface area (Å²) in [6.45, 7) is 8.17. The Balaban J connectivity index is 1.78. The molecule has 0 bridgehead atoms. The minimum absolute atomic E-state index is 0.0753. The molecular weight excluding hydrogens is 408 g/mol. The molecule has 0 aliphatic heterocycles. The molecule has 9 nitrogen and oxygen atoms in total. The molecule has 1 fully saturated rings. The molecule has 0 unspecified atom stereocenters. The third-order valence-electron chi connectivity index (χ3n) is 6.39. The number of nitrogens with one attached hydrogen (secondary N) is 1. The van der Waals surface area contributed by atoms with Crippen LogP contribution >= 0.6 is 0 Å². The van der Waals surface area contributed by atoms with Gasteiger partial charge in [-0.15, -0.1) is 0 Å². The number of fused-ring (bicyclic) bond motifs is 1. The van der Waals surface area contributed by atoms with Gasteiger partial charge >= 0.3 is 0 Å². The van der Waals surface area contributed by atoms with Crippen molar-refractivity contribution >= 4 is 17.5 Å². The second kappa shape index (κ2) is 8.27. The van der Waals surface area contributed by atoms with E-state index >= 15 is 0 Å². The van der Waals surface area contributed by atoms with E-state index in [1.807, 2.05) is 13.8 Å². The largest absolute Gasteiger partial charge is 0.393 e. The summed E-state index contributed by atoms with van der Waals surface area (Å²) in [7, 11) is 0. The first-order valence-corrected chi connectivity index (χ1v) is 11.3. The van der Waals surface area contributed by atoms with Crippen molar-refractivity contribution in [1.82, 2.24) is 19.7 Å². The first-order chi connectivity index (χ1) is 15.1. The molecule has 2 aromatic heterocycles. The molecule has 0 saturated heterocycles. The van der Waals surface area contributed by atoms with E-state index in [9.17, 15) is 14.7 Å². The van der Waals surface area contributed by atoms with Crippen molar-refractivity contribution in [2.24, 2.45) is 11.1 Å². The number of anilines is 1. The Kier molecular flexibility index (Phi) is 5.79. The van der Waals surface area contributed by atoms with Gasteiger partial charge in [-0.1, -0.05) is 27.7 Å². The smallest absolute Gasteiger partial charge is 0.254 e. The number of amides is 1. The van der Waals surface area contributed by atoms with Gasteiger partial charge in [-0.25, -0.2) is 9.67 Å². The summed E-state index contributed by atoms with van der Waals surface area (Å²) >= 11 is 0. The number of rotatable bonds is 5. The Morgan fingerprint density at radius 1 is 1.25 bits per heavy atom. The van der Waals surface area contributed by atoms with E-state index in [-0.39, 0.29) is 34.8 Å². The number of primary amides is 1. The maximum atomic E-state index is 13.0. The number of aliphatic hydroxyl groups is 1. The van der Waals surface area contributed by atoms with Crippen LogP contribution in [0, 0.1) is 5.41 Å². The van der Waals surface area contributed by atoms with Crippen LogP contribution in [0.3, 0.4) is 0 Å². The lowest BCUT2D eigenvalue weighted by atomic mass is 9.75. The Bertz CT molecular complexity index is 1050. The van der Waals surface area contributed by atoms with Crippen LogP contribution in [0.15, 0.2) is 6.20 Å². The quantitative estimate of drug-likeness (QED) is 0.650. The minimum Gasteiger partial charge on any atom is -0.393 e. The van der Waals surface area contributed by atoms with Crippen molar-refractivity contribution in [3.63, 3.8) is 0 Å². The molecule has 0 spiro atoms. The van der Waals surface area contributed by atoms with Gasteiger partial charge in [0, 0.05) is 18.7 Å². The molecule has 0 aromatic carbocycles. The summed E-state index contributed by atoms with van der Waals surface area (Å²) in [5.74, 6) is 0.226. The van der Waals surface area contributed by atoms with Crippen molar-refractivity contribution in [3.05, 3.63) is 28.7 Å². The van der Waals surface area contributed by atoms with Crippen LogP contribution in [0.1, 0.15) is 97.8 Å². The zero-order chi connectivity index (χ0) is 23.2. The topological polar surface area (TPSA) is 136 Å². The second-order valence-electron chi connectivity index (χ2n) is 10.2. The van der Waals surface area contributed by atoms with E-state index in [1.165, 1.54) is 6.20 Å². The molecule has 32 heavy (non-hydrogen) atoms. The molecule has 1 saturated carbocycles. The summed E-state index contributed by atoms with van der Waals surface area (Å²) < 4.78 is 1.66. The molecule has 1 amide bonds. The maximum absolute atomic E-state index is 13.0. The fraction of sp³-hybridized carbons (Fsp3) is 0.609.